The van der Waals surface area contributed by atoms with Crippen molar-refractivity contribution in [2.75, 3.05) is 0 Å². The van der Waals surface area contributed by atoms with Crippen molar-refractivity contribution >= 4 is 5.97 Å². The van der Waals surface area contributed by atoms with Crippen LogP contribution in [0.15, 0.2) is 0 Å². The van der Waals surface area contributed by atoms with Crippen molar-refractivity contribution < 1.29 is 15.0 Å². The van der Waals surface area contributed by atoms with Gasteiger partial charge in [-0.05, 0) is 30.6 Å². The number of hydrogen-bond donors (Lipinski definition) is 2. The van der Waals surface area contributed by atoms with Crippen LogP contribution in [0, 0.1) is 17.3 Å². The van der Waals surface area contributed by atoms with Gasteiger partial charge >= 0.3 is 5.97 Å². The number of carboxylic acid groups (broad SMARTS) is 1. The third-order valence-corrected chi connectivity index (χ3v) is 4.49. The summed E-state index contributed by atoms with van der Waals surface area (Å²) in [6, 6.07) is 0. The number of aliphatic hydroxyl groups is 1. The number of aliphatic carboxylic acids is 1. The summed E-state index contributed by atoms with van der Waals surface area (Å²) in [5.41, 5.74) is -1.48. The molecule has 0 bridgehead atoms. The van der Waals surface area contributed by atoms with E-state index in [1.807, 2.05) is 6.92 Å². The molecular weight excluding hydrogens is 228 g/mol. The van der Waals surface area contributed by atoms with E-state index in [2.05, 4.69) is 20.8 Å². The molecule has 0 amide bonds. The van der Waals surface area contributed by atoms with Gasteiger partial charge in [-0.2, -0.15) is 0 Å². The largest absolute Gasteiger partial charge is 0.479 e. The summed E-state index contributed by atoms with van der Waals surface area (Å²) >= 11 is 0. The Morgan fingerprint density at radius 3 is 2.06 bits per heavy atom. The maximum absolute atomic E-state index is 11.5. The normalized spacial score (nSPS) is 28.7. The fraction of sp³-hybridized carbons (Fsp3) is 0.933. The molecular formula is C15H28O3. The van der Waals surface area contributed by atoms with Gasteiger partial charge in [-0.25, -0.2) is 4.79 Å². The highest BCUT2D eigenvalue weighted by Gasteiger charge is 2.50. The van der Waals surface area contributed by atoms with Crippen LogP contribution in [0.4, 0.5) is 0 Å². The Balaban J connectivity index is 3.03. The summed E-state index contributed by atoms with van der Waals surface area (Å²) in [5.74, 6) is -0.854. The molecule has 106 valence electrons. The molecule has 3 atom stereocenters. The molecule has 0 spiro atoms. The second-order valence-corrected chi connectivity index (χ2v) is 6.84. The van der Waals surface area contributed by atoms with Crippen LogP contribution in [0.2, 0.25) is 0 Å². The van der Waals surface area contributed by atoms with Gasteiger partial charge in [0.05, 0.1) is 0 Å². The van der Waals surface area contributed by atoms with Crippen molar-refractivity contribution in [2.24, 2.45) is 17.3 Å². The van der Waals surface area contributed by atoms with Crippen LogP contribution in [0.3, 0.4) is 0 Å². The molecule has 1 saturated carbocycles. The van der Waals surface area contributed by atoms with Gasteiger partial charge < -0.3 is 10.2 Å². The number of rotatable bonds is 4. The van der Waals surface area contributed by atoms with Gasteiger partial charge in [0, 0.05) is 5.92 Å². The minimum absolute atomic E-state index is 0.0578. The van der Waals surface area contributed by atoms with E-state index in [0.717, 1.165) is 25.7 Å². The van der Waals surface area contributed by atoms with Crippen molar-refractivity contribution in [3.8, 4) is 0 Å². The molecule has 1 aliphatic carbocycles. The van der Waals surface area contributed by atoms with Gasteiger partial charge in [0.2, 0.25) is 0 Å². The van der Waals surface area contributed by atoms with E-state index in [-0.39, 0.29) is 11.3 Å². The van der Waals surface area contributed by atoms with E-state index in [0.29, 0.717) is 18.8 Å². The van der Waals surface area contributed by atoms with Crippen molar-refractivity contribution in [3.63, 3.8) is 0 Å². The number of carboxylic acids is 1. The fourth-order valence-electron chi connectivity index (χ4n) is 3.57. The van der Waals surface area contributed by atoms with Gasteiger partial charge in [-0.1, -0.05) is 47.0 Å². The molecule has 0 aromatic carbocycles. The van der Waals surface area contributed by atoms with E-state index < -0.39 is 11.6 Å². The van der Waals surface area contributed by atoms with Crippen LogP contribution >= 0.6 is 0 Å². The maximum Gasteiger partial charge on any atom is 0.335 e. The Bertz CT molecular complexity index is 293. The predicted molar refractivity (Wildman–Crippen MR) is 72.4 cm³/mol. The summed E-state index contributed by atoms with van der Waals surface area (Å²) in [5, 5.41) is 20.1. The van der Waals surface area contributed by atoms with Crippen LogP contribution in [-0.2, 0) is 4.79 Å². The minimum Gasteiger partial charge on any atom is -0.479 e. The van der Waals surface area contributed by atoms with E-state index in [9.17, 15) is 15.0 Å². The highest BCUT2D eigenvalue weighted by Crippen LogP contribution is 2.47. The molecule has 1 aliphatic rings. The van der Waals surface area contributed by atoms with Crippen molar-refractivity contribution in [2.45, 2.75) is 71.8 Å². The monoisotopic (exact) mass is 256 g/mol. The molecule has 0 radical (unpaired) electrons. The lowest BCUT2D eigenvalue weighted by Crippen LogP contribution is -2.52. The first-order valence-corrected chi connectivity index (χ1v) is 7.19. The Labute approximate surface area is 111 Å². The molecule has 3 heteroatoms. The number of carbonyl (C=O) groups is 1. The van der Waals surface area contributed by atoms with Crippen LogP contribution in [0.25, 0.3) is 0 Å². The van der Waals surface area contributed by atoms with Gasteiger partial charge in [-0.3, -0.25) is 0 Å². The van der Waals surface area contributed by atoms with Crippen LogP contribution in [0.5, 0.6) is 0 Å². The third kappa shape index (κ3) is 3.05. The lowest BCUT2D eigenvalue weighted by molar-refractivity contribution is -0.174. The SMILES string of the molecule is CCCC(O)(C(=O)O)C1CCCCC1C(C)(C)C. The molecule has 18 heavy (non-hydrogen) atoms. The van der Waals surface area contributed by atoms with Gasteiger partial charge in [-0.15, -0.1) is 0 Å². The first-order valence-electron chi connectivity index (χ1n) is 7.19. The average Bonchev–Trinajstić information content (AvgIpc) is 2.28. The van der Waals surface area contributed by atoms with E-state index in [1.54, 1.807) is 0 Å². The van der Waals surface area contributed by atoms with Crippen LogP contribution in [0.1, 0.15) is 66.2 Å². The predicted octanol–water partition coefficient (Wildman–Crippen LogP) is 3.45. The fourth-order valence-corrected chi connectivity index (χ4v) is 3.57. The first kappa shape index (κ1) is 15.5. The van der Waals surface area contributed by atoms with Gasteiger partial charge in [0.25, 0.3) is 0 Å². The Hall–Kier alpha value is -0.570. The second-order valence-electron chi connectivity index (χ2n) is 6.84. The lowest BCUT2D eigenvalue weighted by atomic mass is 9.60. The number of hydrogen-bond acceptors (Lipinski definition) is 2. The van der Waals surface area contributed by atoms with Crippen molar-refractivity contribution in [3.05, 3.63) is 0 Å². The zero-order chi connectivity index (χ0) is 14.0. The molecule has 1 rings (SSSR count). The smallest absolute Gasteiger partial charge is 0.335 e. The van der Waals surface area contributed by atoms with Crippen molar-refractivity contribution in [1.82, 2.24) is 0 Å². The molecule has 0 heterocycles. The quantitative estimate of drug-likeness (QED) is 0.810. The molecule has 3 nitrogen and oxygen atoms in total. The molecule has 3 unspecified atom stereocenters. The zero-order valence-electron chi connectivity index (χ0n) is 12.2. The minimum atomic E-state index is -1.53. The van der Waals surface area contributed by atoms with Gasteiger partial charge in [0.15, 0.2) is 5.60 Å². The van der Waals surface area contributed by atoms with Gasteiger partial charge in [0.1, 0.15) is 0 Å². The van der Waals surface area contributed by atoms with E-state index in [4.69, 9.17) is 0 Å². The summed E-state index contributed by atoms with van der Waals surface area (Å²) in [6.07, 6.45) is 5.13. The Morgan fingerprint density at radius 2 is 1.67 bits per heavy atom. The Morgan fingerprint density at radius 1 is 1.17 bits per heavy atom. The lowest BCUT2D eigenvalue weighted by Gasteiger charge is -2.46. The Kier molecular flexibility index (Phi) is 4.82. The average molecular weight is 256 g/mol. The molecule has 1 fully saturated rings. The summed E-state index contributed by atoms with van der Waals surface area (Å²) in [7, 11) is 0. The van der Waals surface area contributed by atoms with E-state index in [1.165, 1.54) is 0 Å². The molecule has 2 N–H and O–H groups in total. The van der Waals surface area contributed by atoms with E-state index >= 15 is 0 Å². The van der Waals surface area contributed by atoms with Crippen molar-refractivity contribution in [1.29, 1.82) is 0 Å². The molecule has 0 saturated heterocycles. The molecule has 0 aromatic rings. The summed E-state index contributed by atoms with van der Waals surface area (Å²) in [6.45, 7) is 8.40. The standard InChI is InChI=1S/C15H28O3/c1-5-10-15(18,13(16)17)12-9-7-6-8-11(12)14(2,3)4/h11-12,18H,5-10H2,1-4H3,(H,16,17). The molecule has 0 aliphatic heterocycles. The second kappa shape index (κ2) is 5.60. The summed E-state index contributed by atoms with van der Waals surface area (Å²) < 4.78 is 0. The first-order chi connectivity index (χ1) is 8.23. The molecule has 0 aromatic heterocycles. The summed E-state index contributed by atoms with van der Waals surface area (Å²) in [4.78, 5) is 11.5. The maximum atomic E-state index is 11.5. The van der Waals surface area contributed by atoms with Crippen LogP contribution in [-0.4, -0.2) is 21.8 Å². The highest BCUT2D eigenvalue weighted by molar-refractivity contribution is 5.77. The zero-order valence-corrected chi connectivity index (χ0v) is 12.2. The third-order valence-electron chi connectivity index (χ3n) is 4.49. The van der Waals surface area contributed by atoms with Crippen LogP contribution < -0.4 is 0 Å². The highest BCUT2D eigenvalue weighted by atomic mass is 16.4. The topological polar surface area (TPSA) is 57.5 Å².